The Labute approximate surface area is 180 Å². The molecule has 2 aromatic carbocycles. The van der Waals surface area contributed by atoms with Gasteiger partial charge in [-0.1, -0.05) is 35.9 Å². The Hall–Kier alpha value is -3.02. The summed E-state index contributed by atoms with van der Waals surface area (Å²) in [5.41, 5.74) is 5.20. The van der Waals surface area contributed by atoms with Gasteiger partial charge in [-0.2, -0.15) is 0 Å². The molecule has 30 heavy (non-hydrogen) atoms. The van der Waals surface area contributed by atoms with E-state index in [2.05, 4.69) is 34.6 Å². The summed E-state index contributed by atoms with van der Waals surface area (Å²) < 4.78 is 0. The third-order valence-electron chi connectivity index (χ3n) is 5.05. The molecule has 0 saturated heterocycles. The Morgan fingerprint density at radius 2 is 1.63 bits per heavy atom. The lowest BCUT2D eigenvalue weighted by atomic mass is 10.1. The molecule has 2 rings (SSSR count). The summed E-state index contributed by atoms with van der Waals surface area (Å²) in [7, 11) is 1.63. The smallest absolute Gasteiger partial charge is 0.317 e. The molecule has 2 aromatic rings. The Balaban J connectivity index is 1.76. The summed E-state index contributed by atoms with van der Waals surface area (Å²) in [6.07, 6.45) is 0.830. The highest BCUT2D eigenvalue weighted by atomic mass is 16.2. The van der Waals surface area contributed by atoms with Crippen molar-refractivity contribution in [2.45, 2.75) is 34.1 Å². The number of aryl methyl sites for hydroxylation is 3. The van der Waals surface area contributed by atoms with E-state index < -0.39 is 0 Å². The lowest BCUT2D eigenvalue weighted by molar-refractivity contribution is -0.116. The molecule has 0 aromatic heterocycles. The molecule has 0 bridgehead atoms. The third kappa shape index (κ3) is 6.79. The van der Waals surface area contributed by atoms with Crippen molar-refractivity contribution in [3.05, 3.63) is 59.2 Å². The van der Waals surface area contributed by atoms with Crippen LogP contribution in [-0.2, 0) is 4.79 Å². The summed E-state index contributed by atoms with van der Waals surface area (Å²) in [5.74, 6) is -0.205. The number of nitrogens with zero attached hydrogens (tertiary/aromatic N) is 2. The lowest BCUT2D eigenvalue weighted by Crippen LogP contribution is -2.42. The van der Waals surface area contributed by atoms with Crippen molar-refractivity contribution in [2.24, 2.45) is 0 Å². The standard InChI is InChI=1S/C24H34N4O2/c1-6-28(21-11-8-7-9-12-21)14-10-13-25-24(30)27(5)17-22(29)26-23-19(3)15-18(2)16-20(23)4/h7-9,11-12,15-16H,6,10,13-14,17H2,1-5H3,(H,25,30)(H,26,29). The van der Waals surface area contributed by atoms with Gasteiger partial charge in [0.1, 0.15) is 6.54 Å². The topological polar surface area (TPSA) is 64.7 Å². The van der Waals surface area contributed by atoms with Crippen LogP contribution in [0.2, 0.25) is 0 Å². The van der Waals surface area contributed by atoms with Crippen molar-refractivity contribution in [2.75, 3.05) is 43.4 Å². The Kier molecular flexibility index (Phi) is 8.71. The molecule has 0 spiro atoms. The molecule has 0 radical (unpaired) electrons. The van der Waals surface area contributed by atoms with Crippen LogP contribution in [0, 0.1) is 20.8 Å². The Morgan fingerprint density at radius 3 is 2.23 bits per heavy atom. The lowest BCUT2D eigenvalue weighted by Gasteiger charge is -2.23. The highest BCUT2D eigenvalue weighted by Crippen LogP contribution is 2.21. The van der Waals surface area contributed by atoms with E-state index in [1.165, 1.54) is 10.6 Å². The number of para-hydroxylation sites is 1. The van der Waals surface area contributed by atoms with Gasteiger partial charge in [0, 0.05) is 38.1 Å². The summed E-state index contributed by atoms with van der Waals surface area (Å²) in [6, 6.07) is 14.1. The molecule has 6 nitrogen and oxygen atoms in total. The van der Waals surface area contributed by atoms with E-state index in [1.54, 1.807) is 7.05 Å². The number of likely N-dealkylation sites (N-methyl/N-ethyl adjacent to an activating group) is 1. The average Bonchev–Trinajstić information content (AvgIpc) is 2.71. The fourth-order valence-electron chi connectivity index (χ4n) is 3.55. The third-order valence-corrected chi connectivity index (χ3v) is 5.05. The number of carbonyl (C=O) groups excluding carboxylic acids is 2. The van der Waals surface area contributed by atoms with Crippen molar-refractivity contribution >= 4 is 23.3 Å². The van der Waals surface area contributed by atoms with Crippen molar-refractivity contribution < 1.29 is 9.59 Å². The number of urea groups is 1. The predicted molar refractivity (Wildman–Crippen MR) is 124 cm³/mol. The first-order valence-corrected chi connectivity index (χ1v) is 10.5. The summed E-state index contributed by atoms with van der Waals surface area (Å²) in [4.78, 5) is 28.4. The van der Waals surface area contributed by atoms with E-state index in [0.29, 0.717) is 6.54 Å². The van der Waals surface area contributed by atoms with E-state index in [4.69, 9.17) is 0 Å². The fraction of sp³-hybridized carbons (Fsp3) is 0.417. The predicted octanol–water partition coefficient (Wildman–Crippen LogP) is 4.11. The van der Waals surface area contributed by atoms with Crippen LogP contribution >= 0.6 is 0 Å². The molecular formula is C24H34N4O2. The van der Waals surface area contributed by atoms with Gasteiger partial charge >= 0.3 is 6.03 Å². The minimum absolute atomic E-state index is 0.00366. The molecule has 0 fully saturated rings. The molecule has 0 aliphatic carbocycles. The second-order valence-corrected chi connectivity index (χ2v) is 7.68. The van der Waals surface area contributed by atoms with Crippen LogP contribution in [0.3, 0.4) is 0 Å². The largest absolute Gasteiger partial charge is 0.372 e. The number of carbonyl (C=O) groups is 2. The van der Waals surface area contributed by atoms with Crippen molar-refractivity contribution in [3.8, 4) is 0 Å². The maximum Gasteiger partial charge on any atom is 0.317 e. The maximum atomic E-state index is 12.4. The second kappa shape index (κ2) is 11.2. The zero-order valence-corrected chi connectivity index (χ0v) is 18.8. The van der Waals surface area contributed by atoms with E-state index >= 15 is 0 Å². The monoisotopic (exact) mass is 410 g/mol. The summed E-state index contributed by atoms with van der Waals surface area (Å²) >= 11 is 0. The van der Waals surface area contributed by atoms with Crippen LogP contribution < -0.4 is 15.5 Å². The number of nitrogens with one attached hydrogen (secondary N) is 2. The van der Waals surface area contributed by atoms with Gasteiger partial charge in [-0.3, -0.25) is 4.79 Å². The van der Waals surface area contributed by atoms with Gasteiger partial charge in [-0.15, -0.1) is 0 Å². The number of rotatable bonds is 9. The SMILES string of the molecule is CCN(CCCNC(=O)N(C)CC(=O)Nc1c(C)cc(C)cc1C)c1ccccc1. The fourth-order valence-corrected chi connectivity index (χ4v) is 3.55. The highest BCUT2D eigenvalue weighted by Gasteiger charge is 2.14. The van der Waals surface area contributed by atoms with E-state index in [1.807, 2.05) is 51.1 Å². The highest BCUT2D eigenvalue weighted by molar-refractivity contribution is 5.95. The molecule has 162 valence electrons. The van der Waals surface area contributed by atoms with Crippen LogP contribution in [0.5, 0.6) is 0 Å². The van der Waals surface area contributed by atoms with Gasteiger partial charge in [-0.25, -0.2) is 4.79 Å². The van der Waals surface area contributed by atoms with E-state index in [-0.39, 0.29) is 18.5 Å². The van der Waals surface area contributed by atoms with Gasteiger partial charge in [0.05, 0.1) is 0 Å². The van der Waals surface area contributed by atoms with Gasteiger partial charge in [0.2, 0.25) is 5.91 Å². The molecule has 2 N–H and O–H groups in total. The second-order valence-electron chi connectivity index (χ2n) is 7.68. The van der Waals surface area contributed by atoms with Crippen LogP contribution in [0.4, 0.5) is 16.2 Å². The van der Waals surface area contributed by atoms with Crippen LogP contribution in [0.1, 0.15) is 30.0 Å². The first-order chi connectivity index (χ1) is 14.3. The molecule has 6 heteroatoms. The minimum atomic E-state index is -0.245. The van der Waals surface area contributed by atoms with Crippen molar-refractivity contribution in [1.29, 1.82) is 0 Å². The molecule has 0 saturated carbocycles. The molecule has 0 aliphatic heterocycles. The molecular weight excluding hydrogens is 376 g/mol. The number of hydrogen-bond donors (Lipinski definition) is 2. The number of amides is 3. The van der Waals surface area contributed by atoms with Crippen LogP contribution in [0.25, 0.3) is 0 Å². The zero-order chi connectivity index (χ0) is 22.1. The minimum Gasteiger partial charge on any atom is -0.372 e. The number of anilines is 2. The van der Waals surface area contributed by atoms with Gasteiger partial charge < -0.3 is 20.4 Å². The quantitative estimate of drug-likeness (QED) is 0.612. The molecule has 0 unspecified atom stereocenters. The molecule has 0 atom stereocenters. The molecule has 0 aliphatic rings. The average molecular weight is 411 g/mol. The van der Waals surface area contributed by atoms with Crippen LogP contribution in [-0.4, -0.2) is 50.1 Å². The molecule has 0 heterocycles. The van der Waals surface area contributed by atoms with Crippen LogP contribution in [0.15, 0.2) is 42.5 Å². The Morgan fingerprint density at radius 1 is 1.00 bits per heavy atom. The maximum absolute atomic E-state index is 12.4. The molecule has 3 amide bonds. The zero-order valence-electron chi connectivity index (χ0n) is 18.8. The number of hydrogen-bond acceptors (Lipinski definition) is 3. The van der Waals surface area contributed by atoms with Gasteiger partial charge in [-0.05, 0) is 57.4 Å². The summed E-state index contributed by atoms with van der Waals surface area (Å²) in [6.45, 7) is 10.4. The Bertz CT molecular complexity index is 829. The summed E-state index contributed by atoms with van der Waals surface area (Å²) in [5, 5.41) is 5.83. The normalized spacial score (nSPS) is 10.4. The van der Waals surface area contributed by atoms with Gasteiger partial charge in [0.15, 0.2) is 0 Å². The van der Waals surface area contributed by atoms with Gasteiger partial charge in [0.25, 0.3) is 0 Å². The first-order valence-electron chi connectivity index (χ1n) is 10.5. The van der Waals surface area contributed by atoms with E-state index in [9.17, 15) is 9.59 Å². The first kappa shape index (κ1) is 23.3. The van der Waals surface area contributed by atoms with E-state index in [0.717, 1.165) is 41.9 Å². The van der Waals surface area contributed by atoms with Crippen molar-refractivity contribution in [3.63, 3.8) is 0 Å². The number of benzene rings is 2. The van der Waals surface area contributed by atoms with Crippen molar-refractivity contribution in [1.82, 2.24) is 10.2 Å².